The first kappa shape index (κ1) is 20.5. The average Bonchev–Trinajstić information content (AvgIpc) is 3.21. The van der Waals surface area contributed by atoms with Crippen LogP contribution in [0.5, 0.6) is 0 Å². The highest BCUT2D eigenvalue weighted by Crippen LogP contribution is 2.33. The normalized spacial score (nSPS) is 10.7. The van der Waals surface area contributed by atoms with Crippen LogP contribution in [-0.2, 0) is 6.54 Å². The number of nitro groups is 1. The van der Waals surface area contributed by atoms with Crippen LogP contribution in [0, 0.1) is 21.4 Å². The molecule has 0 radical (unpaired) electrons. The maximum atomic E-state index is 13.1. The number of nitrogens with zero attached hydrogens (tertiary/aromatic N) is 5. The Kier molecular flexibility index (Phi) is 5.62. The molecule has 0 N–H and O–H groups in total. The number of nitriles is 1. The minimum Gasteiger partial charge on any atom is -0.283 e. The molecule has 1 aromatic carbocycles. The fourth-order valence-electron chi connectivity index (χ4n) is 2.92. The van der Waals surface area contributed by atoms with E-state index in [1.807, 2.05) is 36.4 Å². The largest absolute Gasteiger partial charge is 0.305 e. The summed E-state index contributed by atoms with van der Waals surface area (Å²) in [4.78, 5) is 33.7. The average molecular weight is 448 g/mol. The number of rotatable bonds is 6. The molecule has 3 aromatic heterocycles. The molecule has 3 heterocycles. The molecule has 0 saturated carbocycles. The van der Waals surface area contributed by atoms with Gasteiger partial charge in [-0.3, -0.25) is 19.5 Å². The summed E-state index contributed by atoms with van der Waals surface area (Å²) in [5.41, 5.74) is 0.110. The van der Waals surface area contributed by atoms with Gasteiger partial charge in [0.25, 0.3) is 5.56 Å². The second kappa shape index (κ2) is 8.51. The highest BCUT2D eigenvalue weighted by molar-refractivity contribution is 7.99. The molecule has 4 aromatic rings. The van der Waals surface area contributed by atoms with Gasteiger partial charge in [-0.05, 0) is 29.5 Å². The molecule has 10 heteroatoms. The Bertz CT molecular complexity index is 1420. The molecule has 0 bridgehead atoms. The van der Waals surface area contributed by atoms with Gasteiger partial charge in [-0.2, -0.15) is 5.26 Å². The van der Waals surface area contributed by atoms with Crippen molar-refractivity contribution in [3.8, 4) is 16.5 Å². The van der Waals surface area contributed by atoms with Crippen molar-refractivity contribution in [1.29, 1.82) is 5.26 Å². The predicted molar refractivity (Wildman–Crippen MR) is 119 cm³/mol. The van der Waals surface area contributed by atoms with Crippen LogP contribution in [0.25, 0.3) is 20.7 Å². The van der Waals surface area contributed by atoms with E-state index in [-0.39, 0.29) is 23.5 Å². The Hall–Kier alpha value is -3.81. The van der Waals surface area contributed by atoms with Crippen molar-refractivity contribution in [3.63, 3.8) is 0 Å². The van der Waals surface area contributed by atoms with E-state index in [1.165, 1.54) is 28.0 Å². The maximum Gasteiger partial charge on any atom is 0.305 e. The quantitative estimate of drug-likeness (QED) is 0.183. The number of thiophene rings is 1. The number of aromatic nitrogens is 3. The minimum atomic E-state index is -0.658. The SMILES string of the molecule is C=CCn1c(Sc2ccc([N+](=O)[O-])c(C#N)n2)nc2sc(-c3ccccc3)cc2c1=O. The zero-order valence-electron chi connectivity index (χ0n) is 15.9. The third-order valence-corrected chi connectivity index (χ3v) is 6.34. The van der Waals surface area contributed by atoms with Crippen LogP contribution in [0.15, 0.2) is 76.2 Å². The summed E-state index contributed by atoms with van der Waals surface area (Å²) in [7, 11) is 0. The lowest BCUT2D eigenvalue weighted by Gasteiger charge is -2.09. The summed E-state index contributed by atoms with van der Waals surface area (Å²) in [6.07, 6.45) is 1.59. The first-order valence-electron chi connectivity index (χ1n) is 8.96. The third-order valence-electron chi connectivity index (χ3n) is 4.33. The van der Waals surface area contributed by atoms with Gasteiger partial charge in [-0.15, -0.1) is 17.9 Å². The van der Waals surface area contributed by atoms with Crippen molar-refractivity contribution in [2.24, 2.45) is 0 Å². The van der Waals surface area contributed by atoms with E-state index < -0.39 is 4.92 Å². The molecule has 0 unspecified atom stereocenters. The molecule has 0 saturated heterocycles. The van der Waals surface area contributed by atoms with Crippen LogP contribution in [-0.4, -0.2) is 19.5 Å². The van der Waals surface area contributed by atoms with E-state index >= 15 is 0 Å². The van der Waals surface area contributed by atoms with E-state index in [2.05, 4.69) is 16.5 Å². The molecule has 8 nitrogen and oxygen atoms in total. The first-order valence-corrected chi connectivity index (χ1v) is 10.6. The van der Waals surface area contributed by atoms with Gasteiger partial charge in [0.1, 0.15) is 15.9 Å². The lowest BCUT2D eigenvalue weighted by molar-refractivity contribution is -0.385. The monoisotopic (exact) mass is 447 g/mol. The van der Waals surface area contributed by atoms with Gasteiger partial charge in [0, 0.05) is 17.5 Å². The smallest absolute Gasteiger partial charge is 0.283 e. The van der Waals surface area contributed by atoms with Crippen LogP contribution in [0.4, 0.5) is 5.69 Å². The van der Waals surface area contributed by atoms with Crippen LogP contribution in [0.1, 0.15) is 5.69 Å². The summed E-state index contributed by atoms with van der Waals surface area (Å²) in [5, 5.41) is 21.4. The predicted octanol–water partition coefficient (Wildman–Crippen LogP) is 4.64. The summed E-state index contributed by atoms with van der Waals surface area (Å²) in [6.45, 7) is 3.94. The number of pyridine rings is 1. The van der Waals surface area contributed by atoms with Crippen molar-refractivity contribution in [3.05, 3.63) is 87.3 Å². The van der Waals surface area contributed by atoms with E-state index in [4.69, 9.17) is 0 Å². The Morgan fingerprint density at radius 2 is 2.03 bits per heavy atom. The molecule has 0 fully saturated rings. The first-order chi connectivity index (χ1) is 15.0. The fourth-order valence-corrected chi connectivity index (χ4v) is 4.87. The Balaban J connectivity index is 1.83. The lowest BCUT2D eigenvalue weighted by atomic mass is 10.2. The van der Waals surface area contributed by atoms with Gasteiger partial charge < -0.3 is 0 Å². The summed E-state index contributed by atoms with van der Waals surface area (Å²) < 4.78 is 1.47. The minimum absolute atomic E-state index is 0.215. The van der Waals surface area contributed by atoms with Crippen LogP contribution >= 0.6 is 23.1 Å². The standard InChI is InChI=1S/C21H13N5O3S2/c1-2-10-25-20(27)14-11-17(13-6-4-3-5-7-13)30-19(14)24-21(25)31-18-9-8-16(26(28)29)15(12-22)23-18/h2-9,11H,1,10H2. The topological polar surface area (TPSA) is 115 Å². The van der Waals surface area contributed by atoms with Gasteiger partial charge in [-0.25, -0.2) is 9.97 Å². The van der Waals surface area contributed by atoms with Crippen molar-refractivity contribution < 1.29 is 4.92 Å². The number of allylic oxidation sites excluding steroid dienone is 1. The van der Waals surface area contributed by atoms with E-state index in [1.54, 1.807) is 12.1 Å². The molecular formula is C21H13N5O3S2. The Morgan fingerprint density at radius 1 is 1.26 bits per heavy atom. The number of benzene rings is 1. The van der Waals surface area contributed by atoms with Crippen LogP contribution < -0.4 is 5.56 Å². The molecule has 31 heavy (non-hydrogen) atoms. The fraction of sp³-hybridized carbons (Fsp3) is 0.0476. The molecule has 0 aliphatic rings. The summed E-state index contributed by atoms with van der Waals surface area (Å²) in [6, 6.07) is 15.9. The van der Waals surface area contributed by atoms with Crippen molar-refractivity contribution in [2.75, 3.05) is 0 Å². The molecule has 0 amide bonds. The summed E-state index contributed by atoms with van der Waals surface area (Å²) >= 11 is 2.47. The van der Waals surface area contributed by atoms with Crippen molar-refractivity contribution in [1.82, 2.24) is 14.5 Å². The van der Waals surface area contributed by atoms with Gasteiger partial charge in [0.05, 0.1) is 10.3 Å². The van der Waals surface area contributed by atoms with Gasteiger partial charge >= 0.3 is 5.69 Å². The van der Waals surface area contributed by atoms with Crippen LogP contribution in [0.2, 0.25) is 0 Å². The molecule has 4 rings (SSSR count). The second-order valence-electron chi connectivity index (χ2n) is 6.28. The van der Waals surface area contributed by atoms with E-state index in [0.29, 0.717) is 20.4 Å². The molecule has 152 valence electrons. The number of hydrogen-bond donors (Lipinski definition) is 0. The van der Waals surface area contributed by atoms with Gasteiger partial charge in [0.2, 0.25) is 5.69 Å². The molecular weight excluding hydrogens is 434 g/mol. The van der Waals surface area contributed by atoms with Crippen LogP contribution in [0.3, 0.4) is 0 Å². The summed E-state index contributed by atoms with van der Waals surface area (Å²) in [5.74, 6) is 0. The maximum absolute atomic E-state index is 13.1. The van der Waals surface area contributed by atoms with Gasteiger partial charge in [-0.1, -0.05) is 36.4 Å². The van der Waals surface area contributed by atoms with Crippen molar-refractivity contribution >= 4 is 39.0 Å². The molecule has 0 aliphatic carbocycles. The molecule has 0 aliphatic heterocycles. The highest BCUT2D eigenvalue weighted by atomic mass is 32.2. The Morgan fingerprint density at radius 3 is 2.71 bits per heavy atom. The number of hydrogen-bond acceptors (Lipinski definition) is 8. The van der Waals surface area contributed by atoms with Crippen molar-refractivity contribution in [2.45, 2.75) is 16.7 Å². The second-order valence-corrected chi connectivity index (χ2v) is 8.30. The van der Waals surface area contributed by atoms with E-state index in [9.17, 15) is 20.2 Å². The van der Waals surface area contributed by atoms with E-state index in [0.717, 1.165) is 22.2 Å². The lowest BCUT2D eigenvalue weighted by Crippen LogP contribution is -2.22. The third kappa shape index (κ3) is 3.96. The molecule has 0 spiro atoms. The highest BCUT2D eigenvalue weighted by Gasteiger charge is 2.19. The zero-order chi connectivity index (χ0) is 22.0. The molecule has 0 atom stereocenters. The van der Waals surface area contributed by atoms with Gasteiger partial charge in [0.15, 0.2) is 5.16 Å². The Labute approximate surface area is 184 Å². The zero-order valence-corrected chi connectivity index (χ0v) is 17.5. The number of fused-ring (bicyclic) bond motifs is 1.